The molecular formula is C19H31NO. The molecule has 0 heterocycles. The highest BCUT2D eigenvalue weighted by Crippen LogP contribution is 2.31. The fraction of sp³-hybridized carbons (Fsp3) is 0.684. The van der Waals surface area contributed by atoms with Gasteiger partial charge < -0.3 is 10.1 Å². The number of ether oxygens (including phenoxy) is 1. The van der Waals surface area contributed by atoms with Crippen LogP contribution < -0.4 is 10.1 Å². The van der Waals surface area contributed by atoms with Gasteiger partial charge in [-0.25, -0.2) is 0 Å². The van der Waals surface area contributed by atoms with E-state index in [0.717, 1.165) is 24.6 Å². The number of aryl methyl sites for hydroxylation is 1. The summed E-state index contributed by atoms with van der Waals surface area (Å²) in [4.78, 5) is 0. The van der Waals surface area contributed by atoms with Crippen LogP contribution in [0.5, 0.6) is 5.75 Å². The number of rotatable bonds is 7. The zero-order valence-corrected chi connectivity index (χ0v) is 13.9. The Bertz CT molecular complexity index is 401. The first-order valence-corrected chi connectivity index (χ1v) is 8.75. The number of benzene rings is 1. The van der Waals surface area contributed by atoms with Crippen molar-refractivity contribution in [3.63, 3.8) is 0 Å². The van der Waals surface area contributed by atoms with Crippen molar-refractivity contribution in [1.29, 1.82) is 0 Å². The van der Waals surface area contributed by atoms with Gasteiger partial charge in [0.05, 0.1) is 0 Å². The van der Waals surface area contributed by atoms with Gasteiger partial charge in [0.25, 0.3) is 0 Å². The van der Waals surface area contributed by atoms with Gasteiger partial charge in [0, 0.05) is 6.04 Å². The number of nitrogens with one attached hydrogen (secondary N) is 1. The second-order valence-corrected chi connectivity index (χ2v) is 6.29. The molecule has 0 saturated heterocycles. The van der Waals surface area contributed by atoms with Gasteiger partial charge in [-0.2, -0.15) is 0 Å². The van der Waals surface area contributed by atoms with Crippen LogP contribution in [0.25, 0.3) is 0 Å². The molecule has 2 nitrogen and oxygen atoms in total. The molecule has 0 bridgehead atoms. The summed E-state index contributed by atoms with van der Waals surface area (Å²) in [6.07, 6.45) is 7.82. The van der Waals surface area contributed by atoms with Crippen molar-refractivity contribution in [2.24, 2.45) is 5.92 Å². The van der Waals surface area contributed by atoms with E-state index in [2.05, 4.69) is 50.4 Å². The summed E-state index contributed by atoms with van der Waals surface area (Å²) in [7, 11) is 0. The molecule has 1 fully saturated rings. The second-order valence-electron chi connectivity index (χ2n) is 6.29. The molecule has 0 spiro atoms. The van der Waals surface area contributed by atoms with Crippen LogP contribution in [-0.4, -0.2) is 18.7 Å². The summed E-state index contributed by atoms with van der Waals surface area (Å²) >= 11 is 0. The fourth-order valence-corrected chi connectivity index (χ4v) is 3.49. The first-order valence-electron chi connectivity index (χ1n) is 8.75. The van der Waals surface area contributed by atoms with Crippen molar-refractivity contribution >= 4 is 0 Å². The normalized spacial score (nSPS) is 25.8. The lowest BCUT2D eigenvalue weighted by Gasteiger charge is -2.36. The summed E-state index contributed by atoms with van der Waals surface area (Å²) in [5, 5.41) is 3.62. The summed E-state index contributed by atoms with van der Waals surface area (Å²) in [6.45, 7) is 7.69. The third-order valence-electron chi connectivity index (χ3n) is 4.68. The molecule has 2 heteroatoms. The minimum atomic E-state index is 0.322. The van der Waals surface area contributed by atoms with E-state index in [1.807, 2.05) is 0 Å². The number of likely N-dealkylation sites (N-methyl/N-ethyl adjacent to an activating group) is 1. The van der Waals surface area contributed by atoms with Crippen LogP contribution in [0.2, 0.25) is 0 Å². The molecule has 0 aromatic heterocycles. The van der Waals surface area contributed by atoms with Gasteiger partial charge in [0.15, 0.2) is 0 Å². The lowest BCUT2D eigenvalue weighted by atomic mass is 9.81. The summed E-state index contributed by atoms with van der Waals surface area (Å²) < 4.78 is 6.33. The maximum Gasteiger partial charge on any atom is 0.119 e. The molecule has 1 N–H and O–H groups in total. The average Bonchev–Trinajstić information content (AvgIpc) is 2.51. The summed E-state index contributed by atoms with van der Waals surface area (Å²) in [5.41, 5.74) is 1.37. The highest BCUT2D eigenvalue weighted by Gasteiger charge is 2.31. The zero-order chi connectivity index (χ0) is 15.1. The van der Waals surface area contributed by atoms with E-state index < -0.39 is 0 Å². The van der Waals surface area contributed by atoms with Gasteiger partial charge in [-0.1, -0.05) is 45.7 Å². The molecule has 2 rings (SSSR count). The molecule has 1 aliphatic carbocycles. The minimum absolute atomic E-state index is 0.322. The second kappa shape index (κ2) is 8.43. The Morgan fingerprint density at radius 3 is 2.48 bits per heavy atom. The minimum Gasteiger partial charge on any atom is -0.489 e. The van der Waals surface area contributed by atoms with Crippen LogP contribution in [0.3, 0.4) is 0 Å². The van der Waals surface area contributed by atoms with Gasteiger partial charge in [-0.3, -0.25) is 0 Å². The molecular weight excluding hydrogens is 258 g/mol. The van der Waals surface area contributed by atoms with E-state index in [9.17, 15) is 0 Å². The largest absolute Gasteiger partial charge is 0.489 e. The Kier molecular flexibility index (Phi) is 6.56. The van der Waals surface area contributed by atoms with E-state index in [4.69, 9.17) is 4.74 Å². The van der Waals surface area contributed by atoms with Crippen LogP contribution in [0, 0.1) is 5.92 Å². The molecule has 3 atom stereocenters. The van der Waals surface area contributed by atoms with Gasteiger partial charge in [-0.15, -0.1) is 0 Å². The summed E-state index contributed by atoms with van der Waals surface area (Å²) in [5.74, 6) is 1.86. The molecule has 1 saturated carbocycles. The first-order chi connectivity index (χ1) is 10.3. The average molecular weight is 289 g/mol. The Hall–Kier alpha value is -1.02. The predicted octanol–water partition coefficient (Wildman–Crippen LogP) is 4.57. The lowest BCUT2D eigenvalue weighted by Crippen LogP contribution is -2.47. The number of hydrogen-bond donors (Lipinski definition) is 1. The van der Waals surface area contributed by atoms with Crippen molar-refractivity contribution in [2.75, 3.05) is 6.54 Å². The summed E-state index contributed by atoms with van der Waals surface area (Å²) in [6, 6.07) is 9.14. The molecule has 118 valence electrons. The van der Waals surface area contributed by atoms with Crippen molar-refractivity contribution < 1.29 is 4.74 Å². The fourth-order valence-electron chi connectivity index (χ4n) is 3.49. The topological polar surface area (TPSA) is 21.3 Å². The Morgan fingerprint density at radius 2 is 1.86 bits per heavy atom. The standard InChI is InChI=1S/C19H31NO/c1-4-7-16-10-13-18(20-6-3)19(14-16)21-17-11-8-15(5-2)9-12-17/h8-9,11-12,16,18-20H,4-7,10,13-14H2,1-3H3. The molecule has 3 unspecified atom stereocenters. The molecule has 21 heavy (non-hydrogen) atoms. The third-order valence-corrected chi connectivity index (χ3v) is 4.68. The van der Waals surface area contributed by atoms with E-state index in [1.165, 1.54) is 37.7 Å². The van der Waals surface area contributed by atoms with Crippen molar-refractivity contribution in [1.82, 2.24) is 5.32 Å². The monoisotopic (exact) mass is 289 g/mol. The van der Waals surface area contributed by atoms with Crippen LogP contribution in [-0.2, 0) is 6.42 Å². The maximum absolute atomic E-state index is 6.33. The Labute approximate surface area is 130 Å². The quantitative estimate of drug-likeness (QED) is 0.793. The smallest absolute Gasteiger partial charge is 0.119 e. The van der Waals surface area contributed by atoms with E-state index in [0.29, 0.717) is 12.1 Å². The molecule has 0 amide bonds. The van der Waals surface area contributed by atoms with Gasteiger partial charge in [0.1, 0.15) is 11.9 Å². The Morgan fingerprint density at radius 1 is 1.10 bits per heavy atom. The highest BCUT2D eigenvalue weighted by molar-refractivity contribution is 5.27. The molecule has 1 aliphatic rings. The number of hydrogen-bond acceptors (Lipinski definition) is 2. The van der Waals surface area contributed by atoms with Crippen molar-refractivity contribution in [3.8, 4) is 5.75 Å². The first kappa shape index (κ1) is 16.4. The zero-order valence-electron chi connectivity index (χ0n) is 13.9. The van der Waals surface area contributed by atoms with E-state index in [-0.39, 0.29) is 0 Å². The van der Waals surface area contributed by atoms with Crippen LogP contribution in [0.1, 0.15) is 58.4 Å². The predicted molar refractivity (Wildman–Crippen MR) is 89.9 cm³/mol. The lowest BCUT2D eigenvalue weighted by molar-refractivity contribution is 0.0840. The van der Waals surface area contributed by atoms with Gasteiger partial charge in [0.2, 0.25) is 0 Å². The third kappa shape index (κ3) is 4.74. The highest BCUT2D eigenvalue weighted by atomic mass is 16.5. The van der Waals surface area contributed by atoms with Crippen LogP contribution in [0.4, 0.5) is 0 Å². The SMILES string of the molecule is CCCC1CCC(NCC)C(Oc2ccc(CC)cc2)C1. The van der Waals surface area contributed by atoms with Gasteiger partial charge >= 0.3 is 0 Å². The van der Waals surface area contributed by atoms with Crippen LogP contribution in [0.15, 0.2) is 24.3 Å². The van der Waals surface area contributed by atoms with Crippen LogP contribution >= 0.6 is 0 Å². The molecule has 1 aromatic carbocycles. The maximum atomic E-state index is 6.33. The molecule has 0 radical (unpaired) electrons. The van der Waals surface area contributed by atoms with Crippen molar-refractivity contribution in [2.45, 2.75) is 71.4 Å². The molecule has 0 aliphatic heterocycles. The Balaban J connectivity index is 2.00. The van der Waals surface area contributed by atoms with E-state index >= 15 is 0 Å². The van der Waals surface area contributed by atoms with Crippen molar-refractivity contribution in [3.05, 3.63) is 29.8 Å². The van der Waals surface area contributed by atoms with E-state index in [1.54, 1.807) is 0 Å². The van der Waals surface area contributed by atoms with Gasteiger partial charge in [-0.05, 0) is 55.8 Å². The molecule has 1 aromatic rings.